The van der Waals surface area contributed by atoms with Crippen LogP contribution in [0.15, 0.2) is 48.8 Å². The van der Waals surface area contributed by atoms with Gasteiger partial charge >= 0.3 is 7.60 Å². The van der Waals surface area contributed by atoms with E-state index in [0.717, 1.165) is 16.3 Å². The van der Waals surface area contributed by atoms with E-state index >= 15 is 0 Å². The van der Waals surface area contributed by atoms with E-state index in [1.807, 2.05) is 24.3 Å². The second kappa shape index (κ2) is 10.6. The van der Waals surface area contributed by atoms with Gasteiger partial charge in [-0.1, -0.05) is 42.8 Å². The molecule has 0 bridgehead atoms. The van der Waals surface area contributed by atoms with Gasteiger partial charge < -0.3 is 30.1 Å². The Labute approximate surface area is 217 Å². The predicted octanol–water partition coefficient (Wildman–Crippen LogP) is 3.21. The Morgan fingerprint density at radius 2 is 1.84 bits per heavy atom. The summed E-state index contributed by atoms with van der Waals surface area (Å²) in [4.78, 5) is 31.0. The van der Waals surface area contributed by atoms with Gasteiger partial charge in [0.05, 0.1) is 12.4 Å². The highest BCUT2D eigenvalue weighted by Gasteiger charge is 2.44. The van der Waals surface area contributed by atoms with E-state index in [0.29, 0.717) is 36.4 Å². The minimum absolute atomic E-state index is 0.0164. The van der Waals surface area contributed by atoms with Gasteiger partial charge in [0.1, 0.15) is 12.2 Å². The molecule has 0 saturated carbocycles. The third-order valence-corrected chi connectivity index (χ3v) is 7.54. The van der Waals surface area contributed by atoms with Crippen LogP contribution in [-0.4, -0.2) is 64.0 Å². The zero-order valence-corrected chi connectivity index (χ0v) is 21.3. The number of hydrogen-bond donors (Lipinski definition) is 5. The number of fused-ring (bicyclic) bond motifs is 2. The molecule has 13 heteroatoms. The van der Waals surface area contributed by atoms with E-state index in [-0.39, 0.29) is 17.9 Å². The molecule has 2 aromatic carbocycles. The summed E-state index contributed by atoms with van der Waals surface area (Å²) in [6.07, 6.45) is -1.87. The molecule has 5 N–H and O–H groups in total. The number of hydrogen-bond acceptors (Lipinski definition) is 8. The Bertz CT molecular complexity index is 1460. The standard InChI is InChI=1S/C24H27ClN5O6P/c25-24-28-21(26-12-14-8-9-15-5-1-2-6-16(15)11-14)18-22(29-24)30(13-27-18)23-20(32)19(31)17(36-23)7-3-4-10-37(33,34)35/h1-2,5-6,8-9,11,13,17,19-20,23,31-32H,3-4,7,10,12H2,(H,26,28,29)(H2,33,34,35). The second-order valence-corrected chi connectivity index (χ2v) is 11.2. The highest BCUT2D eigenvalue weighted by Crippen LogP contribution is 2.37. The summed E-state index contributed by atoms with van der Waals surface area (Å²) in [5.41, 5.74) is 1.81. The summed E-state index contributed by atoms with van der Waals surface area (Å²) in [6, 6.07) is 14.3. The van der Waals surface area contributed by atoms with E-state index in [1.165, 1.54) is 10.9 Å². The molecule has 2 aromatic heterocycles. The van der Waals surface area contributed by atoms with Crippen molar-refractivity contribution in [3.05, 3.63) is 59.6 Å². The van der Waals surface area contributed by atoms with Crippen molar-refractivity contribution >= 4 is 47.0 Å². The summed E-state index contributed by atoms with van der Waals surface area (Å²) in [6.45, 7) is 0.470. The van der Waals surface area contributed by atoms with Crippen molar-refractivity contribution in [2.24, 2.45) is 0 Å². The van der Waals surface area contributed by atoms with Crippen molar-refractivity contribution in [1.29, 1.82) is 0 Å². The largest absolute Gasteiger partial charge is 0.388 e. The maximum Gasteiger partial charge on any atom is 0.325 e. The Morgan fingerprint density at radius 3 is 2.62 bits per heavy atom. The average molecular weight is 548 g/mol. The van der Waals surface area contributed by atoms with Crippen molar-refractivity contribution in [3.63, 3.8) is 0 Å². The van der Waals surface area contributed by atoms with Gasteiger partial charge in [-0.05, 0) is 46.8 Å². The van der Waals surface area contributed by atoms with Crippen LogP contribution in [0.3, 0.4) is 0 Å². The van der Waals surface area contributed by atoms with Crippen molar-refractivity contribution in [2.45, 2.75) is 50.3 Å². The minimum atomic E-state index is -4.08. The first-order valence-corrected chi connectivity index (χ1v) is 14.0. The van der Waals surface area contributed by atoms with Crippen LogP contribution in [0.25, 0.3) is 21.9 Å². The lowest BCUT2D eigenvalue weighted by molar-refractivity contribution is -0.0373. The summed E-state index contributed by atoms with van der Waals surface area (Å²) in [5, 5.41) is 26.7. The Hall–Kier alpha value is -2.63. The van der Waals surface area contributed by atoms with Crippen LogP contribution < -0.4 is 5.32 Å². The Balaban J connectivity index is 1.32. The number of unbranched alkanes of at least 4 members (excludes halogenated alkanes) is 1. The molecular formula is C24H27ClN5O6P. The normalized spacial score (nSPS) is 22.2. The molecule has 4 atom stereocenters. The van der Waals surface area contributed by atoms with Gasteiger partial charge in [-0.3, -0.25) is 9.13 Å². The molecule has 1 aliphatic rings. The highest BCUT2D eigenvalue weighted by atomic mass is 35.5. The van der Waals surface area contributed by atoms with E-state index < -0.39 is 32.1 Å². The van der Waals surface area contributed by atoms with E-state index in [9.17, 15) is 14.8 Å². The zero-order valence-electron chi connectivity index (χ0n) is 19.7. The SMILES string of the molecule is O=P(O)(O)CCCCC1OC(n2cnc3c(NCc4ccc5ccccc5c4)nc(Cl)nc32)C(O)C1O. The number of aliphatic hydroxyl groups is 2. The molecule has 0 aliphatic carbocycles. The van der Waals surface area contributed by atoms with Crippen molar-refractivity contribution in [2.75, 3.05) is 11.5 Å². The van der Waals surface area contributed by atoms with Crippen LogP contribution in [0.1, 0.15) is 31.1 Å². The third kappa shape index (κ3) is 5.78. The highest BCUT2D eigenvalue weighted by molar-refractivity contribution is 7.51. The van der Waals surface area contributed by atoms with Gasteiger partial charge in [0, 0.05) is 12.7 Å². The van der Waals surface area contributed by atoms with Gasteiger partial charge in [0.25, 0.3) is 0 Å². The van der Waals surface area contributed by atoms with Gasteiger partial charge in [-0.25, -0.2) is 4.98 Å². The van der Waals surface area contributed by atoms with E-state index in [4.69, 9.17) is 26.1 Å². The lowest BCUT2D eigenvalue weighted by Gasteiger charge is -2.17. The van der Waals surface area contributed by atoms with E-state index in [1.54, 1.807) is 0 Å². The fraction of sp³-hybridized carbons (Fsp3) is 0.375. The summed E-state index contributed by atoms with van der Waals surface area (Å²) in [5.74, 6) is 0.420. The number of anilines is 1. The van der Waals surface area contributed by atoms with Crippen molar-refractivity contribution < 1.29 is 29.3 Å². The molecule has 1 saturated heterocycles. The lowest BCUT2D eigenvalue weighted by atomic mass is 10.1. The summed E-state index contributed by atoms with van der Waals surface area (Å²) < 4.78 is 18.5. The molecule has 0 radical (unpaired) electrons. The molecule has 5 rings (SSSR count). The lowest BCUT2D eigenvalue weighted by Crippen LogP contribution is -2.31. The number of benzene rings is 2. The minimum Gasteiger partial charge on any atom is -0.388 e. The van der Waals surface area contributed by atoms with Crippen LogP contribution >= 0.6 is 19.2 Å². The van der Waals surface area contributed by atoms with Gasteiger partial charge in [-0.2, -0.15) is 9.97 Å². The van der Waals surface area contributed by atoms with Gasteiger partial charge in [0.2, 0.25) is 5.28 Å². The maximum absolute atomic E-state index is 11.0. The van der Waals surface area contributed by atoms with Gasteiger partial charge in [0.15, 0.2) is 23.2 Å². The topological polar surface area (TPSA) is 163 Å². The maximum atomic E-state index is 11.0. The first kappa shape index (κ1) is 26.0. The molecule has 4 unspecified atom stereocenters. The van der Waals surface area contributed by atoms with Crippen LogP contribution in [0.2, 0.25) is 5.28 Å². The molecule has 11 nitrogen and oxygen atoms in total. The number of aliphatic hydroxyl groups excluding tert-OH is 2. The monoisotopic (exact) mass is 547 g/mol. The number of nitrogens with zero attached hydrogens (tertiary/aromatic N) is 4. The quantitative estimate of drug-likeness (QED) is 0.119. The van der Waals surface area contributed by atoms with Gasteiger partial charge in [-0.15, -0.1) is 0 Å². The number of rotatable bonds is 9. The van der Waals surface area contributed by atoms with Crippen molar-refractivity contribution in [1.82, 2.24) is 19.5 Å². The molecule has 0 spiro atoms. The number of imidazole rings is 1. The number of nitrogens with one attached hydrogen (secondary N) is 1. The molecule has 3 heterocycles. The molecule has 4 aromatic rings. The first-order valence-electron chi connectivity index (χ1n) is 11.9. The average Bonchev–Trinajstić information content (AvgIpc) is 3.40. The smallest absolute Gasteiger partial charge is 0.325 e. The fourth-order valence-corrected chi connectivity index (χ4v) is 5.39. The zero-order chi connectivity index (χ0) is 26.2. The second-order valence-electron chi connectivity index (χ2n) is 9.13. The molecule has 196 valence electrons. The Kier molecular flexibility index (Phi) is 7.46. The molecule has 37 heavy (non-hydrogen) atoms. The Morgan fingerprint density at radius 1 is 1.05 bits per heavy atom. The first-order chi connectivity index (χ1) is 17.7. The third-order valence-electron chi connectivity index (χ3n) is 6.47. The molecule has 1 aliphatic heterocycles. The predicted molar refractivity (Wildman–Crippen MR) is 138 cm³/mol. The van der Waals surface area contributed by atoms with E-state index in [2.05, 4.69) is 38.5 Å². The van der Waals surface area contributed by atoms with Crippen LogP contribution in [0.4, 0.5) is 5.82 Å². The summed E-state index contributed by atoms with van der Waals surface area (Å²) >= 11 is 6.21. The molecule has 0 amide bonds. The van der Waals surface area contributed by atoms with Crippen LogP contribution in [-0.2, 0) is 15.8 Å². The van der Waals surface area contributed by atoms with Crippen LogP contribution in [0, 0.1) is 0 Å². The number of ether oxygens (including phenoxy) is 1. The number of aromatic nitrogens is 4. The van der Waals surface area contributed by atoms with Crippen LogP contribution in [0.5, 0.6) is 0 Å². The summed E-state index contributed by atoms with van der Waals surface area (Å²) in [7, 11) is -4.08. The fourth-order valence-electron chi connectivity index (χ4n) is 4.59. The molecule has 1 fully saturated rings. The number of halogens is 1. The van der Waals surface area contributed by atoms with Crippen molar-refractivity contribution in [3.8, 4) is 0 Å². The molecular weight excluding hydrogens is 521 g/mol.